The fourth-order valence-corrected chi connectivity index (χ4v) is 3.37. The van der Waals surface area contributed by atoms with Crippen molar-refractivity contribution in [3.05, 3.63) is 16.1 Å². The number of amides is 1. The Balaban J connectivity index is 0.00000220. The zero-order chi connectivity index (χ0) is 14.9. The number of carbonyl (C=O) groups excluding carboxylic acids is 1. The van der Waals surface area contributed by atoms with Crippen molar-refractivity contribution in [2.24, 2.45) is 11.7 Å². The van der Waals surface area contributed by atoms with Gasteiger partial charge in [-0.25, -0.2) is 4.98 Å². The van der Waals surface area contributed by atoms with Gasteiger partial charge < -0.3 is 15.7 Å². The summed E-state index contributed by atoms with van der Waals surface area (Å²) in [6, 6.07) is -0.274. The van der Waals surface area contributed by atoms with Crippen LogP contribution in [-0.2, 0) is 11.3 Å². The van der Waals surface area contributed by atoms with Gasteiger partial charge in [0.1, 0.15) is 0 Å². The molecule has 0 aromatic carbocycles. The minimum absolute atomic E-state index is 0. The Labute approximate surface area is 136 Å². The molecule has 1 aliphatic carbocycles. The number of aliphatic hydroxyl groups excluding tert-OH is 1. The summed E-state index contributed by atoms with van der Waals surface area (Å²) in [6.45, 7) is 4.74. The highest BCUT2D eigenvalue weighted by Crippen LogP contribution is 2.27. The monoisotopic (exact) mass is 333 g/mol. The molecule has 21 heavy (non-hydrogen) atoms. The first kappa shape index (κ1) is 18.4. The van der Waals surface area contributed by atoms with Gasteiger partial charge >= 0.3 is 0 Å². The maximum absolute atomic E-state index is 12.3. The molecular weight excluding hydrogens is 310 g/mol. The lowest BCUT2D eigenvalue weighted by Crippen LogP contribution is -2.32. The van der Waals surface area contributed by atoms with Gasteiger partial charge in [0.2, 0.25) is 5.91 Å². The lowest BCUT2D eigenvalue weighted by Gasteiger charge is -2.20. The Hall–Kier alpha value is -0.690. The van der Waals surface area contributed by atoms with E-state index in [2.05, 4.69) is 18.8 Å². The number of rotatable bonds is 4. The normalized spacial score (nSPS) is 25.0. The summed E-state index contributed by atoms with van der Waals surface area (Å²) < 4.78 is 0. The molecule has 0 unspecified atom stereocenters. The van der Waals surface area contributed by atoms with Crippen molar-refractivity contribution in [1.29, 1.82) is 0 Å². The van der Waals surface area contributed by atoms with Gasteiger partial charge in [0.25, 0.3) is 0 Å². The van der Waals surface area contributed by atoms with Gasteiger partial charge in [-0.15, -0.1) is 23.7 Å². The molecule has 1 aromatic heterocycles. The molecule has 1 amide bonds. The Morgan fingerprint density at radius 3 is 2.71 bits per heavy atom. The lowest BCUT2D eigenvalue weighted by atomic mass is 10.1. The summed E-state index contributed by atoms with van der Waals surface area (Å²) in [5, 5.41) is 12.8. The van der Waals surface area contributed by atoms with E-state index in [-0.39, 0.29) is 30.3 Å². The van der Waals surface area contributed by atoms with Crippen LogP contribution < -0.4 is 5.73 Å². The number of aromatic nitrogens is 1. The van der Waals surface area contributed by atoms with Crippen LogP contribution in [0.1, 0.15) is 43.3 Å². The van der Waals surface area contributed by atoms with Crippen molar-refractivity contribution >= 4 is 29.7 Å². The van der Waals surface area contributed by atoms with Crippen LogP contribution in [0.25, 0.3) is 0 Å². The molecule has 1 heterocycles. The molecule has 2 rings (SSSR count). The largest absolute Gasteiger partial charge is 0.391 e. The van der Waals surface area contributed by atoms with Gasteiger partial charge in [-0.2, -0.15) is 0 Å². The van der Waals surface area contributed by atoms with Crippen LogP contribution in [0.15, 0.2) is 5.38 Å². The molecule has 0 bridgehead atoms. The van der Waals surface area contributed by atoms with E-state index >= 15 is 0 Å². The molecule has 0 aliphatic heterocycles. The van der Waals surface area contributed by atoms with E-state index < -0.39 is 6.10 Å². The molecular formula is C14H24ClN3O2S. The van der Waals surface area contributed by atoms with Crippen molar-refractivity contribution in [1.82, 2.24) is 9.88 Å². The first-order valence-electron chi connectivity index (χ1n) is 7.01. The predicted molar refractivity (Wildman–Crippen MR) is 86.6 cm³/mol. The first-order valence-corrected chi connectivity index (χ1v) is 7.89. The highest BCUT2D eigenvalue weighted by molar-refractivity contribution is 7.09. The van der Waals surface area contributed by atoms with Crippen molar-refractivity contribution in [2.45, 2.75) is 51.3 Å². The van der Waals surface area contributed by atoms with E-state index in [1.807, 2.05) is 5.38 Å². The van der Waals surface area contributed by atoms with Crippen LogP contribution in [0.3, 0.4) is 0 Å². The molecule has 1 saturated carbocycles. The number of nitrogens with two attached hydrogens (primary N) is 1. The Morgan fingerprint density at radius 1 is 1.57 bits per heavy atom. The fourth-order valence-electron chi connectivity index (χ4n) is 2.54. The molecule has 0 radical (unpaired) electrons. The van der Waals surface area contributed by atoms with Crippen LogP contribution >= 0.6 is 23.7 Å². The molecule has 3 N–H and O–H groups in total. The zero-order valence-corrected chi connectivity index (χ0v) is 14.3. The third kappa shape index (κ3) is 4.39. The average Bonchev–Trinajstić information content (AvgIpc) is 2.97. The van der Waals surface area contributed by atoms with Crippen LogP contribution in [0.5, 0.6) is 0 Å². The van der Waals surface area contributed by atoms with Gasteiger partial charge in [-0.3, -0.25) is 4.79 Å². The molecule has 1 aromatic rings. The molecule has 120 valence electrons. The van der Waals surface area contributed by atoms with Crippen LogP contribution in [-0.4, -0.2) is 40.1 Å². The topological polar surface area (TPSA) is 79.5 Å². The highest BCUT2D eigenvalue weighted by atomic mass is 35.5. The molecule has 1 fully saturated rings. The summed E-state index contributed by atoms with van der Waals surface area (Å²) in [4.78, 5) is 18.5. The van der Waals surface area contributed by atoms with Gasteiger partial charge in [0, 0.05) is 30.3 Å². The van der Waals surface area contributed by atoms with E-state index in [0.29, 0.717) is 25.3 Å². The minimum Gasteiger partial charge on any atom is -0.391 e. The van der Waals surface area contributed by atoms with E-state index in [4.69, 9.17) is 5.73 Å². The molecule has 5 nitrogen and oxygen atoms in total. The number of carbonyl (C=O) groups is 1. The summed E-state index contributed by atoms with van der Waals surface area (Å²) >= 11 is 1.64. The minimum atomic E-state index is -0.552. The summed E-state index contributed by atoms with van der Waals surface area (Å²) in [6.07, 6.45) is 0.487. The molecule has 7 heteroatoms. The Bertz CT molecular complexity index is 471. The second kappa shape index (κ2) is 7.54. The molecule has 3 atom stereocenters. The SMILES string of the molecule is CC(C)c1nc(CN(C)C(=O)[C@H]2C[C@@H](N)[C@H](O)C2)cs1.Cl. The third-order valence-electron chi connectivity index (χ3n) is 3.76. The van der Waals surface area contributed by atoms with E-state index in [1.54, 1.807) is 23.3 Å². The number of nitrogens with zero attached hydrogens (tertiary/aromatic N) is 2. The average molecular weight is 334 g/mol. The second-order valence-electron chi connectivity index (χ2n) is 5.93. The molecule has 0 saturated heterocycles. The fraction of sp³-hybridized carbons (Fsp3) is 0.714. The van der Waals surface area contributed by atoms with Crippen molar-refractivity contribution < 1.29 is 9.90 Å². The van der Waals surface area contributed by atoms with Crippen molar-refractivity contribution in [3.63, 3.8) is 0 Å². The van der Waals surface area contributed by atoms with Crippen LogP contribution in [0.4, 0.5) is 0 Å². The van der Waals surface area contributed by atoms with Gasteiger partial charge in [-0.1, -0.05) is 13.8 Å². The number of halogens is 1. The number of aliphatic hydroxyl groups is 1. The van der Waals surface area contributed by atoms with Crippen LogP contribution in [0.2, 0.25) is 0 Å². The number of hydrogen-bond acceptors (Lipinski definition) is 5. The second-order valence-corrected chi connectivity index (χ2v) is 6.82. The van der Waals surface area contributed by atoms with Gasteiger partial charge in [0.15, 0.2) is 0 Å². The maximum atomic E-state index is 12.3. The molecule has 0 spiro atoms. The standard InChI is InChI=1S/C14H23N3O2S.ClH/c1-8(2)13-16-10(7-20-13)6-17(3)14(19)9-4-11(15)12(18)5-9;/h7-9,11-12,18H,4-6,15H2,1-3H3;1H/t9-,11+,12+;/m0./s1. The quantitative estimate of drug-likeness (QED) is 0.879. The highest BCUT2D eigenvalue weighted by Gasteiger charge is 2.36. The van der Waals surface area contributed by atoms with E-state index in [9.17, 15) is 9.90 Å². The molecule has 1 aliphatic rings. The van der Waals surface area contributed by atoms with Crippen LogP contribution in [0, 0.1) is 5.92 Å². The smallest absolute Gasteiger partial charge is 0.225 e. The van der Waals surface area contributed by atoms with Gasteiger partial charge in [-0.05, 0) is 12.8 Å². The Morgan fingerprint density at radius 2 is 2.24 bits per heavy atom. The maximum Gasteiger partial charge on any atom is 0.225 e. The Kier molecular flexibility index (Phi) is 6.59. The van der Waals surface area contributed by atoms with E-state index in [0.717, 1.165) is 10.7 Å². The summed E-state index contributed by atoms with van der Waals surface area (Å²) in [5.41, 5.74) is 6.69. The summed E-state index contributed by atoms with van der Waals surface area (Å²) in [7, 11) is 1.78. The summed E-state index contributed by atoms with van der Waals surface area (Å²) in [5.74, 6) is 0.307. The first-order chi connectivity index (χ1) is 9.38. The van der Waals surface area contributed by atoms with Crippen molar-refractivity contribution in [2.75, 3.05) is 7.05 Å². The number of hydrogen-bond donors (Lipinski definition) is 2. The number of thiazole rings is 1. The predicted octanol–water partition coefficient (Wildman–Crippen LogP) is 1.74. The zero-order valence-electron chi connectivity index (χ0n) is 12.7. The third-order valence-corrected chi connectivity index (χ3v) is 4.96. The van der Waals surface area contributed by atoms with Crippen molar-refractivity contribution in [3.8, 4) is 0 Å². The van der Waals surface area contributed by atoms with Gasteiger partial charge in [0.05, 0.1) is 23.4 Å². The van der Waals surface area contributed by atoms with E-state index in [1.165, 1.54) is 0 Å². The lowest BCUT2D eigenvalue weighted by molar-refractivity contribution is -0.134.